The first-order valence-corrected chi connectivity index (χ1v) is 8.59. The summed E-state index contributed by atoms with van der Waals surface area (Å²) in [5.41, 5.74) is 0.0254. The van der Waals surface area contributed by atoms with Gasteiger partial charge in [-0.3, -0.25) is 0 Å². The Morgan fingerprint density at radius 2 is 2.19 bits per heavy atom. The molecule has 7 heteroatoms. The Labute approximate surface area is 129 Å². The molecule has 1 fully saturated rings. The van der Waals surface area contributed by atoms with Gasteiger partial charge < -0.3 is 5.11 Å². The van der Waals surface area contributed by atoms with Crippen LogP contribution in [0.2, 0.25) is 5.02 Å². The minimum absolute atomic E-state index is 0.0254. The van der Waals surface area contributed by atoms with Gasteiger partial charge in [-0.1, -0.05) is 18.0 Å². The maximum Gasteiger partial charge on any atom is 0.244 e. The van der Waals surface area contributed by atoms with E-state index in [0.717, 1.165) is 12.8 Å². The minimum Gasteiger partial charge on any atom is -0.392 e. The van der Waals surface area contributed by atoms with Gasteiger partial charge in [0.15, 0.2) is 0 Å². The van der Waals surface area contributed by atoms with E-state index in [4.69, 9.17) is 16.9 Å². The first kappa shape index (κ1) is 16.2. The van der Waals surface area contributed by atoms with Gasteiger partial charge in [-0.15, -0.1) is 0 Å². The molecule has 2 unspecified atom stereocenters. The molecule has 1 aliphatic heterocycles. The molecule has 1 N–H and O–H groups in total. The van der Waals surface area contributed by atoms with Crippen molar-refractivity contribution in [3.05, 3.63) is 28.8 Å². The van der Waals surface area contributed by atoms with Gasteiger partial charge in [0.1, 0.15) is 11.0 Å². The van der Waals surface area contributed by atoms with E-state index < -0.39 is 22.2 Å². The zero-order valence-corrected chi connectivity index (χ0v) is 13.2. The first-order valence-electron chi connectivity index (χ1n) is 6.77. The van der Waals surface area contributed by atoms with Crippen molar-refractivity contribution in [3.8, 4) is 6.07 Å². The standard InChI is InChI=1S/C14H17ClN2O3S/c1-10(18)13-4-2-3-7-17(13)21(19,20)14-6-5-12(15)8-11(14)9-16/h5-6,8,10,13,18H,2-4,7H2,1H3. The summed E-state index contributed by atoms with van der Waals surface area (Å²) < 4.78 is 26.9. The zero-order chi connectivity index (χ0) is 15.6. The Bertz CT molecular complexity index is 667. The number of rotatable bonds is 3. The number of halogens is 1. The van der Waals surface area contributed by atoms with Crippen LogP contribution in [0.25, 0.3) is 0 Å². The molecule has 0 spiro atoms. The summed E-state index contributed by atoms with van der Waals surface area (Å²) in [6.45, 7) is 1.94. The summed E-state index contributed by atoms with van der Waals surface area (Å²) in [6, 6.07) is 5.57. The van der Waals surface area contributed by atoms with Crippen molar-refractivity contribution in [2.75, 3.05) is 6.54 Å². The SMILES string of the molecule is CC(O)C1CCCCN1S(=O)(=O)c1ccc(Cl)cc1C#N. The van der Waals surface area contributed by atoms with Gasteiger partial charge in [-0.2, -0.15) is 9.57 Å². The van der Waals surface area contributed by atoms with Crippen molar-refractivity contribution < 1.29 is 13.5 Å². The van der Waals surface area contributed by atoms with E-state index in [1.807, 2.05) is 6.07 Å². The van der Waals surface area contributed by atoms with Crippen LogP contribution in [0.15, 0.2) is 23.1 Å². The van der Waals surface area contributed by atoms with E-state index in [9.17, 15) is 13.5 Å². The Balaban J connectivity index is 2.48. The van der Waals surface area contributed by atoms with Crippen LogP contribution >= 0.6 is 11.6 Å². The van der Waals surface area contributed by atoms with E-state index in [1.165, 1.54) is 22.5 Å². The highest BCUT2D eigenvalue weighted by Crippen LogP contribution is 2.29. The van der Waals surface area contributed by atoms with Crippen LogP contribution in [-0.2, 0) is 10.0 Å². The highest BCUT2D eigenvalue weighted by molar-refractivity contribution is 7.89. The molecule has 0 aromatic heterocycles. The minimum atomic E-state index is -3.82. The number of aliphatic hydroxyl groups excluding tert-OH is 1. The van der Waals surface area contributed by atoms with E-state index >= 15 is 0 Å². The molecule has 2 atom stereocenters. The normalized spacial score (nSPS) is 21.7. The molecule has 114 valence electrons. The molecule has 0 bridgehead atoms. The summed E-state index contributed by atoms with van der Waals surface area (Å²) >= 11 is 5.81. The zero-order valence-electron chi connectivity index (χ0n) is 11.7. The maximum absolute atomic E-state index is 12.8. The van der Waals surface area contributed by atoms with Crippen LogP contribution in [-0.4, -0.2) is 36.5 Å². The molecule has 5 nitrogen and oxygen atoms in total. The lowest BCUT2D eigenvalue weighted by atomic mass is 10.0. The number of hydrogen-bond acceptors (Lipinski definition) is 4. The third kappa shape index (κ3) is 3.22. The topological polar surface area (TPSA) is 81.4 Å². The average molecular weight is 329 g/mol. The highest BCUT2D eigenvalue weighted by atomic mass is 35.5. The predicted molar refractivity (Wildman–Crippen MR) is 79.4 cm³/mol. The summed E-state index contributed by atoms with van der Waals surface area (Å²) in [7, 11) is -3.82. The van der Waals surface area contributed by atoms with E-state index in [0.29, 0.717) is 18.0 Å². The second-order valence-electron chi connectivity index (χ2n) is 5.17. The molecule has 0 saturated carbocycles. The van der Waals surface area contributed by atoms with Crippen LogP contribution in [0.1, 0.15) is 31.7 Å². The molecule has 1 aromatic carbocycles. The number of hydrogen-bond donors (Lipinski definition) is 1. The second kappa shape index (κ2) is 6.32. The largest absolute Gasteiger partial charge is 0.392 e. The molecule has 0 aliphatic carbocycles. The molecule has 1 aliphatic rings. The summed E-state index contributed by atoms with van der Waals surface area (Å²) in [6.07, 6.45) is 1.50. The Kier molecular flexibility index (Phi) is 4.89. The fraction of sp³-hybridized carbons (Fsp3) is 0.500. The highest BCUT2D eigenvalue weighted by Gasteiger charge is 2.36. The van der Waals surface area contributed by atoms with Gasteiger partial charge >= 0.3 is 0 Å². The van der Waals surface area contributed by atoms with Crippen LogP contribution in [0.3, 0.4) is 0 Å². The number of piperidine rings is 1. The lowest BCUT2D eigenvalue weighted by Crippen LogP contribution is -2.48. The average Bonchev–Trinajstić information content (AvgIpc) is 2.46. The predicted octanol–water partition coefficient (Wildman–Crippen LogP) is 2.14. The molecular weight excluding hydrogens is 312 g/mol. The van der Waals surface area contributed by atoms with Crippen LogP contribution in [0.5, 0.6) is 0 Å². The smallest absolute Gasteiger partial charge is 0.244 e. The Morgan fingerprint density at radius 3 is 2.81 bits per heavy atom. The Hall–Kier alpha value is -1.13. The van der Waals surface area contributed by atoms with Gasteiger partial charge in [0.25, 0.3) is 0 Å². The van der Waals surface area contributed by atoms with Crippen molar-refractivity contribution >= 4 is 21.6 Å². The van der Waals surface area contributed by atoms with Gasteiger partial charge in [0, 0.05) is 11.6 Å². The van der Waals surface area contributed by atoms with Gasteiger partial charge in [0.2, 0.25) is 10.0 Å². The van der Waals surface area contributed by atoms with Crippen molar-refractivity contribution in [2.45, 2.75) is 43.2 Å². The summed E-state index contributed by atoms with van der Waals surface area (Å²) in [4.78, 5) is -0.0537. The quantitative estimate of drug-likeness (QED) is 0.921. The number of nitriles is 1. The van der Waals surface area contributed by atoms with Crippen molar-refractivity contribution in [1.82, 2.24) is 4.31 Å². The van der Waals surface area contributed by atoms with E-state index in [1.54, 1.807) is 6.92 Å². The summed E-state index contributed by atoms with van der Waals surface area (Å²) in [5, 5.41) is 19.3. The number of benzene rings is 1. The molecule has 2 rings (SSSR count). The number of aliphatic hydroxyl groups is 1. The fourth-order valence-electron chi connectivity index (χ4n) is 2.65. The monoisotopic (exact) mass is 328 g/mol. The van der Waals surface area contributed by atoms with Crippen molar-refractivity contribution in [3.63, 3.8) is 0 Å². The van der Waals surface area contributed by atoms with Gasteiger partial charge in [0.05, 0.1) is 17.7 Å². The third-order valence-corrected chi connectivity index (χ3v) is 5.92. The van der Waals surface area contributed by atoms with Crippen LogP contribution in [0.4, 0.5) is 0 Å². The molecule has 21 heavy (non-hydrogen) atoms. The second-order valence-corrected chi connectivity index (χ2v) is 7.47. The van der Waals surface area contributed by atoms with Gasteiger partial charge in [-0.05, 0) is 38.0 Å². The number of sulfonamides is 1. The molecule has 0 radical (unpaired) electrons. The summed E-state index contributed by atoms with van der Waals surface area (Å²) in [5.74, 6) is 0. The van der Waals surface area contributed by atoms with E-state index in [-0.39, 0.29) is 10.5 Å². The Morgan fingerprint density at radius 1 is 1.48 bits per heavy atom. The molecule has 1 heterocycles. The number of nitrogens with zero attached hydrogens (tertiary/aromatic N) is 2. The lowest BCUT2D eigenvalue weighted by Gasteiger charge is -2.36. The van der Waals surface area contributed by atoms with Crippen LogP contribution < -0.4 is 0 Å². The molecule has 1 saturated heterocycles. The van der Waals surface area contributed by atoms with Crippen molar-refractivity contribution in [1.29, 1.82) is 5.26 Å². The maximum atomic E-state index is 12.8. The molecular formula is C14H17ClN2O3S. The van der Waals surface area contributed by atoms with Crippen molar-refractivity contribution in [2.24, 2.45) is 0 Å². The first-order chi connectivity index (χ1) is 9.87. The van der Waals surface area contributed by atoms with E-state index in [2.05, 4.69) is 0 Å². The molecule has 0 amide bonds. The van der Waals surface area contributed by atoms with Crippen LogP contribution in [0, 0.1) is 11.3 Å². The third-order valence-electron chi connectivity index (χ3n) is 3.70. The molecule has 1 aromatic rings. The van der Waals surface area contributed by atoms with Gasteiger partial charge in [-0.25, -0.2) is 8.42 Å². The lowest BCUT2D eigenvalue weighted by molar-refractivity contribution is 0.0831. The fourth-order valence-corrected chi connectivity index (χ4v) is 4.71.